The van der Waals surface area contributed by atoms with Crippen molar-refractivity contribution in [3.63, 3.8) is 0 Å². The fourth-order valence-corrected chi connectivity index (χ4v) is 4.94. The summed E-state index contributed by atoms with van der Waals surface area (Å²) >= 11 is 0. The Balaban J connectivity index is 2.48. The smallest absolute Gasteiger partial charge is 0.0532 e. The summed E-state index contributed by atoms with van der Waals surface area (Å²) in [5, 5.41) is 2.55. The SMILES string of the molecule is C#CC(C)(CCCCCC)c1ccc(C)c(/C(=C\C)C(=C)/C=c2/ccc(CCCC)cc2=C(C)C)c1. The third kappa shape index (κ3) is 7.61. The van der Waals surface area contributed by atoms with E-state index in [1.165, 1.54) is 82.4 Å². The molecule has 0 aliphatic heterocycles. The Bertz CT molecular complexity index is 1220. The molecule has 0 saturated carbocycles. The zero-order valence-corrected chi connectivity index (χ0v) is 24.1. The van der Waals surface area contributed by atoms with Crippen molar-refractivity contribution in [1.29, 1.82) is 0 Å². The Morgan fingerprint density at radius 3 is 2.33 bits per heavy atom. The second kappa shape index (κ2) is 14.1. The molecule has 0 heterocycles. The van der Waals surface area contributed by atoms with Gasteiger partial charge in [-0.3, -0.25) is 0 Å². The molecule has 1 unspecified atom stereocenters. The van der Waals surface area contributed by atoms with E-state index in [0.29, 0.717) is 0 Å². The van der Waals surface area contributed by atoms with Gasteiger partial charge in [0.25, 0.3) is 0 Å². The number of terminal acetylenes is 1. The van der Waals surface area contributed by atoms with Crippen LogP contribution in [0.2, 0.25) is 0 Å². The molecule has 192 valence electrons. The van der Waals surface area contributed by atoms with E-state index in [0.717, 1.165) is 18.4 Å². The molecule has 0 aliphatic rings. The number of benzene rings is 2. The maximum absolute atomic E-state index is 6.11. The van der Waals surface area contributed by atoms with E-state index in [1.54, 1.807) is 0 Å². The molecule has 2 aromatic carbocycles. The minimum Gasteiger partial charge on any atom is -0.119 e. The number of unbranched alkanes of at least 4 members (excludes halogenated alkanes) is 4. The zero-order valence-electron chi connectivity index (χ0n) is 24.1. The van der Waals surface area contributed by atoms with Gasteiger partial charge in [-0.1, -0.05) is 100 Å². The van der Waals surface area contributed by atoms with Gasteiger partial charge in [0.2, 0.25) is 0 Å². The van der Waals surface area contributed by atoms with Crippen LogP contribution in [0.5, 0.6) is 0 Å². The molecule has 0 saturated heterocycles. The van der Waals surface area contributed by atoms with E-state index in [2.05, 4.69) is 110 Å². The van der Waals surface area contributed by atoms with Gasteiger partial charge in [0.05, 0.1) is 5.41 Å². The summed E-state index contributed by atoms with van der Waals surface area (Å²) in [5.74, 6) is 3.13. The number of aryl methyl sites for hydroxylation is 2. The van der Waals surface area contributed by atoms with E-state index in [1.807, 2.05) is 0 Å². The third-order valence-electron chi connectivity index (χ3n) is 7.45. The lowest BCUT2D eigenvalue weighted by Gasteiger charge is -2.26. The summed E-state index contributed by atoms with van der Waals surface area (Å²) in [6.45, 7) is 19.9. The molecule has 0 spiro atoms. The van der Waals surface area contributed by atoms with Crippen molar-refractivity contribution < 1.29 is 0 Å². The lowest BCUT2D eigenvalue weighted by Crippen LogP contribution is -2.26. The molecule has 0 aliphatic carbocycles. The van der Waals surface area contributed by atoms with Crippen molar-refractivity contribution in [2.24, 2.45) is 0 Å². The van der Waals surface area contributed by atoms with Crippen molar-refractivity contribution in [1.82, 2.24) is 0 Å². The number of allylic oxidation sites excluding steroid dienone is 3. The van der Waals surface area contributed by atoms with E-state index in [-0.39, 0.29) is 5.41 Å². The summed E-state index contributed by atoms with van der Waals surface area (Å²) in [6, 6.07) is 13.7. The van der Waals surface area contributed by atoms with E-state index < -0.39 is 0 Å². The predicted molar refractivity (Wildman–Crippen MR) is 162 cm³/mol. The Kier molecular flexibility index (Phi) is 11.5. The number of rotatable bonds is 12. The van der Waals surface area contributed by atoms with Gasteiger partial charge in [-0.25, -0.2) is 0 Å². The lowest BCUT2D eigenvalue weighted by molar-refractivity contribution is 0.507. The molecular formula is C36H48. The van der Waals surface area contributed by atoms with E-state index in [4.69, 9.17) is 6.42 Å². The minimum atomic E-state index is -0.254. The normalized spacial score (nSPS) is 13.8. The zero-order chi connectivity index (χ0) is 26.7. The van der Waals surface area contributed by atoms with Gasteiger partial charge in [-0.15, -0.1) is 6.42 Å². The lowest BCUT2D eigenvalue weighted by atomic mass is 9.77. The summed E-state index contributed by atoms with van der Waals surface area (Å²) in [7, 11) is 0. The first-order valence-corrected chi connectivity index (χ1v) is 13.9. The highest BCUT2D eigenvalue weighted by atomic mass is 14.3. The topological polar surface area (TPSA) is 0 Å². The van der Waals surface area contributed by atoms with Gasteiger partial charge >= 0.3 is 0 Å². The standard InChI is InChI=1S/C36H48/c1-10-14-16-17-23-36(9,13-4)32-22-19-28(7)35(26-32)33(12-3)29(8)24-31-21-20-30(18-15-11-2)25-34(31)27(5)6/h4,12,19-22,24-26H,8,10-11,14-18,23H2,1-3,5-7,9H3/b31-24-,33-12-. The molecule has 0 fully saturated rings. The van der Waals surface area contributed by atoms with Gasteiger partial charge in [-0.2, -0.15) is 0 Å². The molecule has 0 amide bonds. The van der Waals surface area contributed by atoms with Crippen LogP contribution in [-0.4, -0.2) is 0 Å². The Hall–Kier alpha value is -2.78. The Labute approximate surface area is 221 Å². The quantitative estimate of drug-likeness (QED) is 0.162. The van der Waals surface area contributed by atoms with Crippen molar-refractivity contribution in [3.8, 4) is 12.3 Å². The fourth-order valence-electron chi connectivity index (χ4n) is 4.94. The second-order valence-corrected chi connectivity index (χ2v) is 10.7. The van der Waals surface area contributed by atoms with Crippen LogP contribution in [0.25, 0.3) is 17.2 Å². The summed E-state index contributed by atoms with van der Waals surface area (Å²) < 4.78 is 0. The summed E-state index contributed by atoms with van der Waals surface area (Å²) in [4.78, 5) is 0. The van der Waals surface area contributed by atoms with Crippen LogP contribution in [0.3, 0.4) is 0 Å². The first-order chi connectivity index (χ1) is 17.2. The van der Waals surface area contributed by atoms with Crippen LogP contribution >= 0.6 is 0 Å². The highest BCUT2D eigenvalue weighted by Crippen LogP contribution is 2.34. The highest BCUT2D eigenvalue weighted by molar-refractivity contribution is 5.88. The van der Waals surface area contributed by atoms with Crippen molar-refractivity contribution in [3.05, 3.63) is 87.3 Å². The average Bonchev–Trinajstić information content (AvgIpc) is 2.87. The van der Waals surface area contributed by atoms with Gasteiger partial charge in [-0.05, 0) is 110 Å². The molecule has 1 atom stereocenters. The van der Waals surface area contributed by atoms with E-state index in [9.17, 15) is 0 Å². The van der Waals surface area contributed by atoms with Crippen LogP contribution < -0.4 is 10.4 Å². The third-order valence-corrected chi connectivity index (χ3v) is 7.45. The first kappa shape index (κ1) is 29.5. The van der Waals surface area contributed by atoms with Crippen LogP contribution in [-0.2, 0) is 11.8 Å². The van der Waals surface area contributed by atoms with Crippen molar-refractivity contribution in [2.75, 3.05) is 0 Å². The number of hydrogen-bond acceptors (Lipinski definition) is 0. The Morgan fingerprint density at radius 1 is 1.00 bits per heavy atom. The largest absolute Gasteiger partial charge is 0.119 e. The van der Waals surface area contributed by atoms with Gasteiger partial charge in [0, 0.05) is 0 Å². The minimum absolute atomic E-state index is 0.254. The molecule has 0 aromatic heterocycles. The predicted octanol–water partition coefficient (Wildman–Crippen LogP) is 8.83. The molecule has 0 radical (unpaired) electrons. The maximum atomic E-state index is 6.11. The van der Waals surface area contributed by atoms with Crippen LogP contribution in [0.4, 0.5) is 0 Å². The fraction of sp³-hybridized carbons (Fsp3) is 0.444. The monoisotopic (exact) mass is 480 g/mol. The number of hydrogen-bond donors (Lipinski definition) is 0. The average molecular weight is 481 g/mol. The van der Waals surface area contributed by atoms with Gasteiger partial charge in [0.1, 0.15) is 0 Å². The summed E-state index contributed by atoms with van der Waals surface area (Å²) in [6.07, 6.45) is 20.1. The molecule has 2 rings (SSSR count). The van der Waals surface area contributed by atoms with Crippen LogP contribution in [0.15, 0.2) is 54.6 Å². The molecular weight excluding hydrogens is 432 g/mol. The van der Waals surface area contributed by atoms with E-state index >= 15 is 0 Å². The molecule has 0 N–H and O–H groups in total. The molecule has 0 nitrogen and oxygen atoms in total. The van der Waals surface area contributed by atoms with Crippen LogP contribution in [0, 0.1) is 19.3 Å². The summed E-state index contributed by atoms with van der Waals surface area (Å²) in [5.41, 5.74) is 8.41. The second-order valence-electron chi connectivity index (χ2n) is 10.7. The molecule has 36 heavy (non-hydrogen) atoms. The maximum Gasteiger partial charge on any atom is 0.0532 e. The van der Waals surface area contributed by atoms with Gasteiger partial charge in [0.15, 0.2) is 0 Å². The van der Waals surface area contributed by atoms with Crippen molar-refractivity contribution >= 4 is 17.2 Å². The first-order valence-electron chi connectivity index (χ1n) is 13.9. The molecule has 0 bridgehead atoms. The van der Waals surface area contributed by atoms with Gasteiger partial charge < -0.3 is 0 Å². The van der Waals surface area contributed by atoms with Crippen molar-refractivity contribution in [2.45, 2.75) is 105 Å². The van der Waals surface area contributed by atoms with Crippen LogP contribution in [0.1, 0.15) is 109 Å². The Morgan fingerprint density at radius 2 is 1.72 bits per heavy atom. The molecule has 2 aromatic rings. The highest BCUT2D eigenvalue weighted by Gasteiger charge is 2.24. The molecule has 0 heteroatoms.